The van der Waals surface area contributed by atoms with Crippen LogP contribution in [0.3, 0.4) is 0 Å². The molecule has 0 saturated carbocycles. The summed E-state index contributed by atoms with van der Waals surface area (Å²) in [7, 11) is -2.05. The molecule has 2 aromatic rings. The monoisotopic (exact) mass is 496 g/mol. The molecule has 0 aliphatic carbocycles. The van der Waals surface area contributed by atoms with Crippen LogP contribution in [0.1, 0.15) is 6.92 Å². The molecule has 1 amide bonds. The second-order valence-electron chi connectivity index (χ2n) is 7.84. The maximum absolute atomic E-state index is 11.7. The van der Waals surface area contributed by atoms with Crippen LogP contribution in [0, 0.1) is 0 Å². The molecule has 1 heterocycles. The van der Waals surface area contributed by atoms with E-state index in [1.54, 1.807) is 42.5 Å². The molecule has 0 radical (unpaired) electrons. The number of aliphatic hydroxyl groups is 3. The molecular formula is C22H28N2O9S. The van der Waals surface area contributed by atoms with Crippen molar-refractivity contribution < 1.29 is 42.7 Å². The Hall–Kier alpha value is -2.90. The van der Waals surface area contributed by atoms with Crippen molar-refractivity contribution in [3.05, 3.63) is 42.5 Å². The molecule has 1 unspecified atom stereocenters. The number of carbonyl (C=O) groups excluding carboxylic acids is 1. The van der Waals surface area contributed by atoms with E-state index in [-0.39, 0.29) is 5.75 Å². The summed E-state index contributed by atoms with van der Waals surface area (Å²) in [6, 6.07) is 10.3. The van der Waals surface area contributed by atoms with E-state index in [4.69, 9.17) is 14.2 Å². The fourth-order valence-corrected chi connectivity index (χ4v) is 4.27. The van der Waals surface area contributed by atoms with E-state index < -0.39 is 53.2 Å². The van der Waals surface area contributed by atoms with Gasteiger partial charge in [-0.1, -0.05) is 18.2 Å². The van der Waals surface area contributed by atoms with Gasteiger partial charge in [0.05, 0.1) is 25.5 Å². The van der Waals surface area contributed by atoms with E-state index in [1.165, 1.54) is 14.0 Å². The minimum Gasteiger partial charge on any atom is -0.496 e. The highest BCUT2D eigenvalue weighted by Gasteiger charge is 2.46. The highest BCUT2D eigenvalue weighted by molar-refractivity contribution is 7.92. The fraction of sp³-hybridized carbons (Fsp3) is 0.409. The Morgan fingerprint density at radius 3 is 2.41 bits per heavy atom. The molecule has 34 heavy (non-hydrogen) atoms. The normalized spacial score (nSPS) is 24.8. The minimum absolute atomic E-state index is 0.233. The third-order valence-electron chi connectivity index (χ3n) is 5.16. The van der Waals surface area contributed by atoms with Gasteiger partial charge in [-0.3, -0.25) is 9.52 Å². The molecule has 12 heteroatoms. The number of rotatable bonds is 8. The smallest absolute Gasteiger partial charge is 0.229 e. The van der Waals surface area contributed by atoms with Crippen molar-refractivity contribution in [2.45, 2.75) is 37.6 Å². The second-order valence-corrected chi connectivity index (χ2v) is 9.59. The number of ether oxygens (including phenoxy) is 3. The maximum atomic E-state index is 11.7. The first-order valence-corrected chi connectivity index (χ1v) is 12.2. The van der Waals surface area contributed by atoms with Gasteiger partial charge < -0.3 is 34.8 Å². The summed E-state index contributed by atoms with van der Waals surface area (Å²) in [5.41, 5.74) is 1.32. The van der Waals surface area contributed by atoms with E-state index in [2.05, 4.69) is 10.0 Å². The van der Waals surface area contributed by atoms with Crippen LogP contribution in [0.5, 0.6) is 11.5 Å². The molecule has 1 aliphatic heterocycles. The number of aliphatic hydroxyl groups excluding tert-OH is 3. The first-order chi connectivity index (χ1) is 16.0. The summed E-state index contributed by atoms with van der Waals surface area (Å²) in [4.78, 5) is 11.7. The van der Waals surface area contributed by atoms with Crippen LogP contribution in [0.4, 0.5) is 5.69 Å². The van der Waals surface area contributed by atoms with Gasteiger partial charge in [0, 0.05) is 12.6 Å². The molecule has 0 aromatic heterocycles. The van der Waals surface area contributed by atoms with Crippen LogP contribution in [0.15, 0.2) is 42.5 Å². The Morgan fingerprint density at radius 2 is 1.79 bits per heavy atom. The van der Waals surface area contributed by atoms with Gasteiger partial charge >= 0.3 is 0 Å². The first-order valence-electron chi connectivity index (χ1n) is 10.4. The zero-order valence-corrected chi connectivity index (χ0v) is 19.7. The molecule has 1 fully saturated rings. The summed E-state index contributed by atoms with van der Waals surface area (Å²) in [5, 5.41) is 32.8. The lowest BCUT2D eigenvalue weighted by Gasteiger charge is -2.42. The van der Waals surface area contributed by atoms with Crippen molar-refractivity contribution in [1.82, 2.24) is 5.32 Å². The Balaban J connectivity index is 2.04. The average Bonchev–Trinajstić information content (AvgIpc) is 2.77. The van der Waals surface area contributed by atoms with Crippen molar-refractivity contribution in [1.29, 1.82) is 0 Å². The van der Waals surface area contributed by atoms with Crippen LogP contribution in [0.25, 0.3) is 11.1 Å². The molecule has 186 valence electrons. The van der Waals surface area contributed by atoms with Crippen LogP contribution in [0.2, 0.25) is 0 Å². The number of carbonyl (C=O) groups is 1. The Morgan fingerprint density at radius 1 is 1.12 bits per heavy atom. The number of sulfonamides is 1. The summed E-state index contributed by atoms with van der Waals surface area (Å²) >= 11 is 0. The molecule has 0 bridgehead atoms. The van der Waals surface area contributed by atoms with Gasteiger partial charge in [-0.15, -0.1) is 0 Å². The van der Waals surface area contributed by atoms with Gasteiger partial charge in [-0.2, -0.15) is 0 Å². The lowest BCUT2D eigenvalue weighted by Crippen LogP contribution is -2.65. The molecule has 0 spiro atoms. The van der Waals surface area contributed by atoms with Crippen LogP contribution < -0.4 is 19.5 Å². The van der Waals surface area contributed by atoms with Crippen LogP contribution >= 0.6 is 0 Å². The van der Waals surface area contributed by atoms with Crippen molar-refractivity contribution in [3.63, 3.8) is 0 Å². The Bertz CT molecular complexity index is 1130. The van der Waals surface area contributed by atoms with Gasteiger partial charge in [-0.25, -0.2) is 8.42 Å². The Kier molecular flexibility index (Phi) is 8.00. The van der Waals surface area contributed by atoms with Crippen molar-refractivity contribution in [2.75, 3.05) is 24.7 Å². The number of methoxy groups -OCH3 is 1. The van der Waals surface area contributed by atoms with E-state index in [0.29, 0.717) is 22.6 Å². The van der Waals surface area contributed by atoms with Gasteiger partial charge in [0.1, 0.15) is 35.9 Å². The predicted octanol–water partition coefficient (Wildman–Crippen LogP) is 0.0562. The highest BCUT2D eigenvalue weighted by atomic mass is 32.2. The molecule has 5 N–H and O–H groups in total. The third-order valence-corrected chi connectivity index (χ3v) is 5.76. The van der Waals surface area contributed by atoms with Crippen molar-refractivity contribution >= 4 is 21.6 Å². The number of hydrogen-bond acceptors (Lipinski definition) is 9. The molecule has 1 saturated heterocycles. The standard InChI is InChI=1S/C22H28N2O9S/c1-12(26)23-19-21(28)20(27)17(11-25)33-22(19)32-16-9-5-8-15(31-2)18(16)13-6-4-7-14(10-13)24-34(3,29)30/h4-10,17,19-22,24-25,27-28H,11H2,1-3H3,(H,23,26)/t17?,19-,20-,21+,22+/m0/s1. The van der Waals surface area contributed by atoms with Crippen LogP contribution in [-0.2, 0) is 19.6 Å². The summed E-state index contributed by atoms with van der Waals surface area (Å²) < 4.78 is 42.9. The minimum atomic E-state index is -3.51. The summed E-state index contributed by atoms with van der Waals surface area (Å²) in [5.74, 6) is 0.151. The fourth-order valence-electron chi connectivity index (χ4n) is 3.71. The second kappa shape index (κ2) is 10.6. The highest BCUT2D eigenvalue weighted by Crippen LogP contribution is 2.40. The number of nitrogens with one attached hydrogen (secondary N) is 2. The number of benzene rings is 2. The SMILES string of the molecule is COc1cccc(O[C@@H]2OC(CO)[C@H](O)[C@H](O)[C@@H]2NC(C)=O)c1-c1cccc(NS(C)(=O)=O)c1. The summed E-state index contributed by atoms with van der Waals surface area (Å²) in [6.45, 7) is 0.653. The largest absolute Gasteiger partial charge is 0.496 e. The van der Waals surface area contributed by atoms with Gasteiger partial charge in [-0.05, 0) is 29.8 Å². The lowest BCUT2D eigenvalue weighted by atomic mass is 9.96. The van der Waals surface area contributed by atoms with Gasteiger partial charge in [0.15, 0.2) is 0 Å². The predicted molar refractivity (Wildman–Crippen MR) is 123 cm³/mol. The van der Waals surface area contributed by atoms with Crippen molar-refractivity contribution in [2.24, 2.45) is 0 Å². The Labute approximate surface area is 197 Å². The first kappa shape index (κ1) is 25.7. The number of amides is 1. The van der Waals surface area contributed by atoms with Gasteiger partial charge in [0.25, 0.3) is 0 Å². The molecule has 1 aliphatic rings. The maximum Gasteiger partial charge on any atom is 0.229 e. The topological polar surface area (TPSA) is 164 Å². The van der Waals surface area contributed by atoms with Crippen molar-refractivity contribution in [3.8, 4) is 22.6 Å². The van der Waals surface area contributed by atoms with E-state index in [1.807, 2.05) is 0 Å². The number of anilines is 1. The zero-order valence-electron chi connectivity index (χ0n) is 18.8. The molecule has 5 atom stereocenters. The third kappa shape index (κ3) is 5.96. The van der Waals surface area contributed by atoms with E-state index >= 15 is 0 Å². The molecule has 3 rings (SSSR count). The number of hydrogen-bond donors (Lipinski definition) is 5. The molecule has 11 nitrogen and oxygen atoms in total. The average molecular weight is 497 g/mol. The lowest BCUT2D eigenvalue weighted by molar-refractivity contribution is -0.244. The zero-order chi connectivity index (χ0) is 25.0. The van der Waals surface area contributed by atoms with E-state index in [0.717, 1.165) is 6.26 Å². The quantitative estimate of drug-likeness (QED) is 0.340. The summed E-state index contributed by atoms with van der Waals surface area (Å²) in [6.07, 6.45) is -4.32. The molecular weight excluding hydrogens is 468 g/mol. The molecule has 2 aromatic carbocycles. The van der Waals surface area contributed by atoms with Gasteiger partial charge in [0.2, 0.25) is 22.2 Å². The van der Waals surface area contributed by atoms with Crippen LogP contribution in [-0.4, -0.2) is 80.3 Å². The van der Waals surface area contributed by atoms with E-state index in [9.17, 15) is 28.5 Å².